The molecule has 10 heteroatoms. The van der Waals surface area contributed by atoms with Gasteiger partial charge in [-0.3, -0.25) is 0 Å². The normalized spacial score (nSPS) is 0.600. The van der Waals surface area contributed by atoms with Crippen LogP contribution in [0.5, 0.6) is 0 Å². The maximum absolute atomic E-state index is 8.28. The van der Waals surface area contributed by atoms with Gasteiger partial charge < -0.3 is 0 Å². The minimum atomic E-state index is 0. The van der Waals surface area contributed by atoms with Gasteiger partial charge >= 0.3 is 77.8 Å². The molecule has 0 aliphatic rings. The molecule has 0 unspecified atom stereocenters. The van der Waals surface area contributed by atoms with E-state index in [9.17, 15) is 0 Å². The summed E-state index contributed by atoms with van der Waals surface area (Å²) in [5, 5.41) is 0. The van der Waals surface area contributed by atoms with E-state index in [0.29, 0.717) is 32.4 Å². The molecule has 0 saturated carbocycles. The molecule has 62 valence electrons. The Morgan fingerprint density at radius 1 is 0.600 bits per heavy atom. The molecule has 10 heavy (non-hydrogen) atoms. The van der Waals surface area contributed by atoms with Gasteiger partial charge in [0.25, 0.3) is 0 Å². The molecule has 0 fully saturated rings. The van der Waals surface area contributed by atoms with Crippen LogP contribution in [0.2, 0.25) is 0 Å². The van der Waals surface area contributed by atoms with Crippen molar-refractivity contribution in [1.82, 2.24) is 0 Å². The zero-order valence-electron chi connectivity index (χ0n) is 3.53. The second-order valence-corrected chi connectivity index (χ2v) is 0. The van der Waals surface area contributed by atoms with E-state index in [2.05, 4.69) is 0 Å². The summed E-state index contributed by atoms with van der Waals surface area (Å²) >= 11 is 1.22. The van der Waals surface area contributed by atoms with Crippen molar-refractivity contribution in [2.75, 3.05) is 0 Å². The Balaban J connectivity index is -0.000000000833. The van der Waals surface area contributed by atoms with Crippen LogP contribution in [0.4, 0.5) is 0 Å². The predicted octanol–water partition coefficient (Wildman–Crippen LogP) is -2.84. The Kier molecular flexibility index (Phi) is 810. The van der Waals surface area contributed by atoms with Crippen molar-refractivity contribution in [1.29, 1.82) is 0 Å². The molecule has 0 amide bonds. The first-order chi connectivity index (χ1) is 2.00. The molecule has 2 radical (unpaired) electrons. The third-order valence-electron chi connectivity index (χ3n) is 0. The zero-order valence-corrected chi connectivity index (χ0v) is 10.4. The van der Waals surface area contributed by atoms with Crippen LogP contribution in [0.1, 0.15) is 0 Å². The number of hydrogen-bond donors (Lipinski definition) is 0. The second-order valence-electron chi connectivity index (χ2n) is 0. The Bertz CT molecular complexity index is 25.2. The molecular weight excluding hydrogens is 335 g/mol. The Morgan fingerprint density at radius 3 is 0.600 bits per heavy atom. The van der Waals surface area contributed by atoms with E-state index in [1.54, 1.807) is 0 Å². The van der Waals surface area contributed by atoms with Crippen LogP contribution in [-0.4, -0.2) is 70.2 Å². The van der Waals surface area contributed by atoms with Gasteiger partial charge in [0.1, 0.15) is 0 Å². The predicted molar refractivity (Wildman–Crippen MR) is 30.0 cm³/mol. The summed E-state index contributed by atoms with van der Waals surface area (Å²) in [4.78, 5) is 0. The Labute approximate surface area is 142 Å². The van der Waals surface area contributed by atoms with Gasteiger partial charge in [-0.1, -0.05) is 0 Å². The van der Waals surface area contributed by atoms with Gasteiger partial charge in [0.2, 0.25) is 0 Å². The quantitative estimate of drug-likeness (QED) is 0.446. The van der Waals surface area contributed by atoms with E-state index >= 15 is 0 Å². The van der Waals surface area contributed by atoms with Crippen molar-refractivity contribution < 1.29 is 74.1 Å². The monoisotopic (exact) mass is 338 g/mol. The second kappa shape index (κ2) is 121. The van der Waals surface area contributed by atoms with Crippen molar-refractivity contribution >= 4 is 70.2 Å². The topological polar surface area (TPSA) is 34.1 Å². The summed E-state index contributed by atoms with van der Waals surface area (Å²) < 4.78 is 16.6. The van der Waals surface area contributed by atoms with Crippen LogP contribution >= 0.6 is 0 Å². The molecule has 2 nitrogen and oxygen atoms in total. The fraction of sp³-hybridized carbons (Fsp3) is 0. The molecule has 0 bridgehead atoms. The fourth-order valence-corrected chi connectivity index (χ4v) is 0. The molecule has 0 aromatic heterocycles. The van der Waals surface area contributed by atoms with Gasteiger partial charge in [-0.15, -0.1) is 0 Å². The van der Waals surface area contributed by atoms with Gasteiger partial charge in [0.05, 0.1) is 0 Å². The first kappa shape index (κ1) is 66.8. The summed E-state index contributed by atoms with van der Waals surface area (Å²) in [5.41, 5.74) is 0. The van der Waals surface area contributed by atoms with E-state index < -0.39 is 0 Å². The van der Waals surface area contributed by atoms with Crippen molar-refractivity contribution in [3.05, 3.63) is 0 Å². The molecule has 0 aliphatic carbocycles. The van der Waals surface area contributed by atoms with Crippen LogP contribution in [0.3, 0.4) is 0 Å². The minimum absolute atomic E-state index is 0. The molecule has 0 spiro atoms. The standard InChI is InChI=1S/2Al.2Co.2Li.2Ni.2O.4H. The van der Waals surface area contributed by atoms with Crippen LogP contribution in [-0.2, 0) is 74.1 Å². The van der Waals surface area contributed by atoms with Gasteiger partial charge in [-0.2, -0.15) is 0 Å². The van der Waals surface area contributed by atoms with Gasteiger partial charge in [-0.05, 0) is 0 Å². The fourth-order valence-electron chi connectivity index (χ4n) is 0. The Hall–Kier alpha value is 3.86. The molecule has 0 aromatic rings. The maximum atomic E-state index is 8.28. The average Bonchev–Trinajstić information content (AvgIpc) is 1.50. The first-order valence-electron chi connectivity index (χ1n) is 0.577. The molecule has 0 aromatic carbocycles. The summed E-state index contributed by atoms with van der Waals surface area (Å²) in [7, 11) is 0. The molecular formula is H4Al2Co2Li2Ni2O2. The van der Waals surface area contributed by atoms with Gasteiger partial charge in [0.15, 0.2) is 0 Å². The third kappa shape index (κ3) is 93.9. The van der Waals surface area contributed by atoms with Gasteiger partial charge in [-0.25, -0.2) is 0 Å². The van der Waals surface area contributed by atoms with Crippen LogP contribution in [0, 0.1) is 0 Å². The van der Waals surface area contributed by atoms with Gasteiger partial charge in [0, 0.05) is 66.5 Å². The molecule has 0 rings (SSSR count). The van der Waals surface area contributed by atoms with Crippen LogP contribution in [0.15, 0.2) is 0 Å². The summed E-state index contributed by atoms with van der Waals surface area (Å²) in [5.74, 6) is 0. The van der Waals surface area contributed by atoms with E-state index in [4.69, 9.17) is 7.61 Å². The first-order valence-corrected chi connectivity index (χ1v) is 1.73. The molecule has 0 N–H and O–H groups in total. The van der Waals surface area contributed by atoms with E-state index in [1.165, 1.54) is 0 Å². The molecule has 0 aliphatic heterocycles. The van der Waals surface area contributed by atoms with Crippen molar-refractivity contribution in [3.8, 4) is 0 Å². The van der Waals surface area contributed by atoms with Crippen molar-refractivity contribution in [2.45, 2.75) is 0 Å². The SMILES string of the molecule is [Co].[Co].[LiH].[LiH].[Ni].[Ni].[O]=[AlH].[O]=[AlH]. The van der Waals surface area contributed by atoms with E-state index in [-0.39, 0.29) is 104 Å². The van der Waals surface area contributed by atoms with Crippen LogP contribution < -0.4 is 0 Å². The summed E-state index contributed by atoms with van der Waals surface area (Å²) in [6.07, 6.45) is 0. The Morgan fingerprint density at radius 2 is 0.600 bits per heavy atom. The third-order valence-corrected chi connectivity index (χ3v) is 0. The zero-order chi connectivity index (χ0) is 4.00. The number of hydrogen-bond acceptors (Lipinski definition) is 2. The summed E-state index contributed by atoms with van der Waals surface area (Å²) in [6, 6.07) is 0. The molecule has 0 saturated heterocycles. The van der Waals surface area contributed by atoms with E-state index in [0.717, 1.165) is 0 Å². The molecule has 0 atom stereocenters. The van der Waals surface area contributed by atoms with Crippen molar-refractivity contribution in [3.63, 3.8) is 0 Å². The van der Waals surface area contributed by atoms with E-state index in [1.807, 2.05) is 0 Å². The summed E-state index contributed by atoms with van der Waals surface area (Å²) in [6.45, 7) is 0. The number of rotatable bonds is 0. The van der Waals surface area contributed by atoms with Crippen molar-refractivity contribution in [2.24, 2.45) is 0 Å². The molecule has 0 heterocycles. The average molecular weight is 339 g/mol. The van der Waals surface area contributed by atoms with Crippen LogP contribution in [0.25, 0.3) is 0 Å².